The van der Waals surface area contributed by atoms with E-state index in [1.165, 1.54) is 30.4 Å². The van der Waals surface area contributed by atoms with Crippen LogP contribution in [-0.2, 0) is 14.4 Å². The first-order valence-electron chi connectivity index (χ1n) is 6.39. The Morgan fingerprint density at radius 1 is 1.55 bits per heavy atom. The minimum atomic E-state index is -1.41. The second-order valence-electron chi connectivity index (χ2n) is 4.93. The van der Waals surface area contributed by atoms with Crippen LogP contribution < -0.4 is 40.0 Å². The van der Waals surface area contributed by atoms with E-state index >= 15 is 0 Å². The molecule has 1 fully saturated rings. The molecule has 114 valence electrons. The molecule has 2 aliphatic heterocycles. The second-order valence-corrected chi connectivity index (χ2v) is 5.93. The molecule has 0 bridgehead atoms. The molecule has 0 aromatic heterocycles. The fourth-order valence-corrected chi connectivity index (χ4v) is 3.45. The third-order valence-electron chi connectivity index (χ3n) is 3.45. The smallest absolute Gasteiger partial charge is 0.543 e. The fourth-order valence-electron chi connectivity index (χ4n) is 2.59. The van der Waals surface area contributed by atoms with Crippen molar-refractivity contribution in [3.05, 3.63) is 22.2 Å². The van der Waals surface area contributed by atoms with Gasteiger partial charge in [-0.1, -0.05) is 11.8 Å². The van der Waals surface area contributed by atoms with Crippen molar-refractivity contribution in [3.8, 4) is 0 Å². The monoisotopic (exact) mass is 334 g/mol. The SMILES string of the molecule is CC(=O)N/C=C/SC1=C(C(=O)[O-])N2C(=O)[C@H]([C@H](C)O)[C@H]2C1.[Na+]. The van der Waals surface area contributed by atoms with Gasteiger partial charge in [0.1, 0.15) is 0 Å². The summed E-state index contributed by atoms with van der Waals surface area (Å²) in [5.74, 6) is -2.61. The third-order valence-corrected chi connectivity index (χ3v) is 4.36. The number of nitrogens with zero attached hydrogens (tertiary/aromatic N) is 1. The van der Waals surface area contributed by atoms with E-state index in [9.17, 15) is 24.6 Å². The molecular weight excluding hydrogens is 319 g/mol. The summed E-state index contributed by atoms with van der Waals surface area (Å²) >= 11 is 1.11. The molecule has 2 aliphatic rings. The normalized spacial score (nSPS) is 24.7. The largest absolute Gasteiger partial charge is 1.00 e. The molecule has 3 atom stereocenters. The zero-order valence-corrected chi connectivity index (χ0v) is 15.3. The van der Waals surface area contributed by atoms with Crippen molar-refractivity contribution in [1.29, 1.82) is 0 Å². The maximum Gasteiger partial charge on any atom is 1.00 e. The first-order valence-corrected chi connectivity index (χ1v) is 7.27. The molecular formula is C13H15N2NaO5S. The first kappa shape index (κ1) is 19.2. The van der Waals surface area contributed by atoms with Gasteiger partial charge >= 0.3 is 29.6 Å². The summed E-state index contributed by atoms with van der Waals surface area (Å²) in [6, 6.07) is -0.331. The Morgan fingerprint density at radius 3 is 2.68 bits per heavy atom. The number of carboxylic acids is 1. The molecule has 0 unspecified atom stereocenters. The molecule has 0 saturated carbocycles. The Morgan fingerprint density at radius 2 is 2.18 bits per heavy atom. The standard InChI is InChI=1S/C13H16N2O5S.Na/c1-6(16)10-8-5-9(21-4-3-14-7(2)17)11(13(19)20)15(8)12(10)18;/h3-4,6,8,10,16H,5H2,1-2H3,(H,14,17)(H,19,20);/q;+1/p-1/b4-3+;/t6-,8+,10+;/m0./s1. The minimum absolute atomic E-state index is 0. The van der Waals surface area contributed by atoms with E-state index < -0.39 is 23.9 Å². The molecule has 2 rings (SSSR count). The van der Waals surface area contributed by atoms with E-state index in [1.807, 2.05) is 0 Å². The number of amides is 2. The van der Waals surface area contributed by atoms with E-state index in [-0.39, 0.29) is 47.2 Å². The van der Waals surface area contributed by atoms with Crippen LogP contribution in [0.2, 0.25) is 0 Å². The summed E-state index contributed by atoms with van der Waals surface area (Å²) in [5.41, 5.74) is -0.139. The number of β-lactam (4-membered cyclic amide) rings is 1. The maximum atomic E-state index is 11.9. The molecule has 0 aliphatic carbocycles. The molecule has 2 amide bonds. The van der Waals surface area contributed by atoms with Crippen molar-refractivity contribution in [2.24, 2.45) is 5.92 Å². The number of nitrogens with one attached hydrogen (secondary N) is 1. The number of fused-ring (bicyclic) bond motifs is 1. The number of aliphatic hydroxyl groups excluding tert-OH is 1. The van der Waals surface area contributed by atoms with Gasteiger partial charge in [0.05, 0.1) is 29.7 Å². The summed E-state index contributed by atoms with van der Waals surface area (Å²) in [4.78, 5) is 35.5. The molecule has 0 aromatic carbocycles. The van der Waals surface area contributed by atoms with Crippen LogP contribution in [0.4, 0.5) is 0 Å². The molecule has 22 heavy (non-hydrogen) atoms. The molecule has 0 radical (unpaired) electrons. The Hall–Kier alpha value is -0.800. The number of carbonyl (C=O) groups is 3. The van der Waals surface area contributed by atoms with E-state index in [1.54, 1.807) is 0 Å². The van der Waals surface area contributed by atoms with E-state index in [0.29, 0.717) is 11.3 Å². The van der Waals surface area contributed by atoms with Crippen LogP contribution in [0.3, 0.4) is 0 Å². The van der Waals surface area contributed by atoms with Gasteiger partial charge in [0.15, 0.2) is 0 Å². The van der Waals surface area contributed by atoms with Crippen LogP contribution in [0.25, 0.3) is 0 Å². The molecule has 7 nitrogen and oxygen atoms in total. The van der Waals surface area contributed by atoms with E-state index in [4.69, 9.17) is 0 Å². The van der Waals surface area contributed by atoms with Crippen molar-refractivity contribution in [3.63, 3.8) is 0 Å². The fraction of sp³-hybridized carbons (Fsp3) is 0.462. The van der Waals surface area contributed by atoms with Gasteiger partial charge in [0.2, 0.25) is 11.8 Å². The zero-order chi connectivity index (χ0) is 15.7. The summed E-state index contributed by atoms with van der Waals surface area (Å²) in [6.45, 7) is 2.87. The van der Waals surface area contributed by atoms with Gasteiger partial charge in [-0.3, -0.25) is 9.59 Å². The van der Waals surface area contributed by atoms with Crippen LogP contribution >= 0.6 is 11.8 Å². The summed E-state index contributed by atoms with van der Waals surface area (Å²) in [6.07, 6.45) is 0.942. The van der Waals surface area contributed by atoms with Gasteiger partial charge in [0.25, 0.3) is 0 Å². The number of aliphatic carboxylic acids is 1. The van der Waals surface area contributed by atoms with Gasteiger partial charge in [0, 0.05) is 24.4 Å². The average molecular weight is 334 g/mol. The third kappa shape index (κ3) is 3.57. The zero-order valence-electron chi connectivity index (χ0n) is 12.5. The van der Waals surface area contributed by atoms with E-state index in [2.05, 4.69) is 5.32 Å². The van der Waals surface area contributed by atoms with Gasteiger partial charge in [-0.15, -0.1) is 0 Å². The Bertz CT molecular complexity index is 561. The van der Waals surface area contributed by atoms with Crippen molar-refractivity contribution >= 4 is 29.5 Å². The van der Waals surface area contributed by atoms with Crippen molar-refractivity contribution in [2.75, 3.05) is 0 Å². The van der Waals surface area contributed by atoms with Crippen LogP contribution in [0.5, 0.6) is 0 Å². The molecule has 2 N–H and O–H groups in total. The van der Waals surface area contributed by atoms with Gasteiger partial charge < -0.3 is 25.2 Å². The predicted octanol–water partition coefficient (Wildman–Crippen LogP) is -4.10. The number of rotatable bonds is 5. The molecule has 0 aromatic rings. The molecule has 9 heteroatoms. The quantitative estimate of drug-likeness (QED) is 0.391. The Kier molecular flexibility index (Phi) is 6.69. The van der Waals surface area contributed by atoms with Crippen LogP contribution in [0.1, 0.15) is 20.3 Å². The second kappa shape index (κ2) is 7.65. The maximum absolute atomic E-state index is 11.9. The number of aliphatic hydroxyl groups is 1. The van der Waals surface area contributed by atoms with Crippen LogP contribution in [0, 0.1) is 5.92 Å². The number of carboxylic acid groups (broad SMARTS) is 1. The van der Waals surface area contributed by atoms with Crippen molar-refractivity contribution in [1.82, 2.24) is 10.2 Å². The summed E-state index contributed by atoms with van der Waals surface area (Å²) in [5, 5.41) is 24.8. The Labute approximate surface area is 154 Å². The topological polar surface area (TPSA) is 110 Å². The number of hydrogen-bond donors (Lipinski definition) is 2. The van der Waals surface area contributed by atoms with Gasteiger partial charge in [-0.2, -0.15) is 0 Å². The molecule has 1 saturated heterocycles. The predicted molar refractivity (Wildman–Crippen MR) is 73.0 cm³/mol. The van der Waals surface area contributed by atoms with Crippen molar-refractivity contribution in [2.45, 2.75) is 32.4 Å². The van der Waals surface area contributed by atoms with Crippen molar-refractivity contribution < 1.29 is 54.2 Å². The summed E-state index contributed by atoms with van der Waals surface area (Å²) < 4.78 is 0. The van der Waals surface area contributed by atoms with Gasteiger partial charge in [-0.25, -0.2) is 0 Å². The first-order chi connectivity index (χ1) is 9.84. The van der Waals surface area contributed by atoms with E-state index in [0.717, 1.165) is 11.8 Å². The van der Waals surface area contributed by atoms with Crippen LogP contribution in [-0.4, -0.2) is 39.9 Å². The van der Waals surface area contributed by atoms with Crippen LogP contribution in [0.15, 0.2) is 22.2 Å². The minimum Gasteiger partial charge on any atom is -0.543 e. The van der Waals surface area contributed by atoms with Gasteiger partial charge in [-0.05, 0) is 12.3 Å². The average Bonchev–Trinajstić information content (AvgIpc) is 2.68. The molecule has 0 spiro atoms. The number of hydrogen-bond acceptors (Lipinski definition) is 6. The molecule has 2 heterocycles. The summed E-state index contributed by atoms with van der Waals surface area (Å²) in [7, 11) is 0. The number of carbonyl (C=O) groups excluding carboxylic acids is 3. The Balaban J connectivity index is 0.00000242. The number of thioether (sulfide) groups is 1.